The van der Waals surface area contributed by atoms with Gasteiger partial charge in [-0.05, 0) is 18.2 Å². The van der Waals surface area contributed by atoms with Gasteiger partial charge in [-0.15, -0.1) is 0 Å². The van der Waals surface area contributed by atoms with Crippen LogP contribution in [0, 0.1) is 0 Å². The zero-order chi connectivity index (χ0) is 14.8. The van der Waals surface area contributed by atoms with Crippen molar-refractivity contribution in [2.45, 2.75) is 0 Å². The molecule has 4 N–H and O–H groups in total. The number of carbonyl (C=O) groups is 1. The monoisotopic (exact) mass is 286 g/mol. The van der Waals surface area contributed by atoms with E-state index in [0.717, 1.165) is 5.69 Å². The summed E-state index contributed by atoms with van der Waals surface area (Å²) < 4.78 is 0. The molecule has 0 atom stereocenters. The maximum Gasteiger partial charge on any atom is 0.270 e. The number of nitrogens with two attached hydrogens (primary N) is 1. The number of amides is 1. The number of hydrogen-bond acceptors (Lipinski definition) is 4. The normalized spacial score (nSPS) is 15.2. The number of anilines is 2. The predicted molar refractivity (Wildman–Crippen MR) is 81.4 cm³/mol. The Labute approximate surface area is 122 Å². The van der Waals surface area contributed by atoms with E-state index >= 15 is 0 Å². The number of rotatable bonds is 2. The van der Waals surface area contributed by atoms with Gasteiger partial charge < -0.3 is 25.6 Å². The summed E-state index contributed by atoms with van der Waals surface area (Å²) in [4.78, 5) is 19.1. The summed E-state index contributed by atoms with van der Waals surface area (Å²) in [6.07, 6.45) is 1.62. The Morgan fingerprint density at radius 1 is 1.19 bits per heavy atom. The van der Waals surface area contributed by atoms with Crippen LogP contribution < -0.4 is 10.6 Å². The van der Waals surface area contributed by atoms with Crippen LogP contribution in [0.15, 0.2) is 36.5 Å². The Bertz CT molecular complexity index is 645. The first-order valence-electron chi connectivity index (χ1n) is 6.91. The number of carbonyl (C=O) groups excluding carboxylic acids is 1. The van der Waals surface area contributed by atoms with Gasteiger partial charge in [0, 0.05) is 38.1 Å². The number of aromatic amines is 1. The van der Waals surface area contributed by atoms with Crippen molar-refractivity contribution >= 4 is 17.3 Å². The molecule has 2 heterocycles. The lowest BCUT2D eigenvalue weighted by Gasteiger charge is -2.36. The quantitative estimate of drug-likeness (QED) is 0.776. The molecule has 1 aromatic heterocycles. The number of phenolic OH excluding ortho intramolecular Hbond substituents is 1. The first-order chi connectivity index (χ1) is 10.1. The number of nitrogens with zero attached hydrogens (tertiary/aromatic N) is 2. The summed E-state index contributed by atoms with van der Waals surface area (Å²) in [6, 6.07) is 8.91. The number of hydrogen-bond donors (Lipinski definition) is 3. The van der Waals surface area contributed by atoms with Crippen LogP contribution in [-0.2, 0) is 0 Å². The van der Waals surface area contributed by atoms with E-state index in [1.165, 1.54) is 0 Å². The van der Waals surface area contributed by atoms with E-state index in [9.17, 15) is 9.90 Å². The fourth-order valence-corrected chi connectivity index (χ4v) is 2.59. The highest BCUT2D eigenvalue weighted by molar-refractivity contribution is 5.93. The lowest BCUT2D eigenvalue weighted by atomic mass is 10.2. The summed E-state index contributed by atoms with van der Waals surface area (Å²) in [7, 11) is 0. The predicted octanol–water partition coefficient (Wildman–Crippen LogP) is 1.26. The van der Waals surface area contributed by atoms with Gasteiger partial charge in [-0.3, -0.25) is 4.79 Å². The maximum absolute atomic E-state index is 12.3. The zero-order valence-corrected chi connectivity index (χ0v) is 11.6. The van der Waals surface area contributed by atoms with Crippen molar-refractivity contribution < 1.29 is 9.90 Å². The molecule has 0 spiro atoms. The SMILES string of the molecule is Nc1c[nH]c(C(=O)N2CCN(c3ccccc3O)CC2)c1. The Morgan fingerprint density at radius 2 is 1.90 bits per heavy atom. The van der Waals surface area contributed by atoms with E-state index in [4.69, 9.17) is 5.73 Å². The second kappa shape index (κ2) is 5.40. The van der Waals surface area contributed by atoms with Gasteiger partial charge >= 0.3 is 0 Å². The minimum Gasteiger partial charge on any atom is -0.506 e. The number of nitrogen functional groups attached to an aromatic ring is 1. The van der Waals surface area contributed by atoms with Gasteiger partial charge in [-0.1, -0.05) is 12.1 Å². The van der Waals surface area contributed by atoms with Crippen LogP contribution in [0.3, 0.4) is 0 Å². The average Bonchev–Trinajstić information content (AvgIpc) is 2.94. The van der Waals surface area contributed by atoms with Crippen molar-refractivity contribution in [3.63, 3.8) is 0 Å². The highest BCUT2D eigenvalue weighted by Gasteiger charge is 2.24. The molecular weight excluding hydrogens is 268 g/mol. The third-order valence-electron chi connectivity index (χ3n) is 3.73. The molecule has 110 valence electrons. The molecule has 1 fully saturated rings. The third kappa shape index (κ3) is 2.65. The van der Waals surface area contributed by atoms with E-state index < -0.39 is 0 Å². The lowest BCUT2D eigenvalue weighted by molar-refractivity contribution is 0.0741. The molecule has 1 amide bonds. The molecule has 6 nitrogen and oxygen atoms in total. The standard InChI is InChI=1S/C15H18N4O2/c16-11-9-12(17-10-11)15(21)19-7-5-18(6-8-19)13-3-1-2-4-14(13)20/h1-4,9-10,17,20H,5-8,16H2. The van der Waals surface area contributed by atoms with Crippen LogP contribution in [0.5, 0.6) is 5.75 Å². The van der Waals surface area contributed by atoms with Crippen LogP contribution in [0.2, 0.25) is 0 Å². The Hall–Kier alpha value is -2.63. The second-order valence-corrected chi connectivity index (χ2v) is 5.11. The first kappa shape index (κ1) is 13.4. The number of para-hydroxylation sites is 2. The topological polar surface area (TPSA) is 85.6 Å². The van der Waals surface area contributed by atoms with Crippen LogP contribution >= 0.6 is 0 Å². The van der Waals surface area contributed by atoms with Gasteiger partial charge in [0.1, 0.15) is 11.4 Å². The number of aromatic hydroxyl groups is 1. The number of phenols is 1. The molecule has 3 rings (SSSR count). The van der Waals surface area contributed by atoms with Crippen molar-refractivity contribution in [2.75, 3.05) is 36.8 Å². The van der Waals surface area contributed by atoms with Crippen LogP contribution in [0.4, 0.5) is 11.4 Å². The molecule has 6 heteroatoms. The summed E-state index contributed by atoms with van der Waals surface area (Å²) in [6.45, 7) is 2.62. The van der Waals surface area contributed by atoms with Gasteiger partial charge in [0.05, 0.1) is 5.69 Å². The van der Waals surface area contributed by atoms with Gasteiger partial charge in [0.2, 0.25) is 0 Å². The fraction of sp³-hybridized carbons (Fsp3) is 0.267. The van der Waals surface area contributed by atoms with Crippen molar-refractivity contribution in [3.05, 3.63) is 42.2 Å². The molecule has 0 aliphatic carbocycles. The number of benzene rings is 1. The van der Waals surface area contributed by atoms with Gasteiger partial charge in [0.15, 0.2) is 0 Å². The molecule has 1 aliphatic rings. The summed E-state index contributed by atoms with van der Waals surface area (Å²) >= 11 is 0. The highest BCUT2D eigenvalue weighted by Crippen LogP contribution is 2.27. The molecule has 1 aliphatic heterocycles. The minimum atomic E-state index is -0.0383. The molecule has 21 heavy (non-hydrogen) atoms. The van der Waals surface area contributed by atoms with Crippen molar-refractivity contribution in [1.82, 2.24) is 9.88 Å². The van der Waals surface area contributed by atoms with Crippen molar-refractivity contribution in [2.24, 2.45) is 0 Å². The molecule has 0 bridgehead atoms. The Kier molecular flexibility index (Phi) is 3.43. The smallest absolute Gasteiger partial charge is 0.270 e. The van der Waals surface area contributed by atoms with E-state index in [1.54, 1.807) is 29.3 Å². The van der Waals surface area contributed by atoms with Crippen LogP contribution in [0.1, 0.15) is 10.5 Å². The fourth-order valence-electron chi connectivity index (χ4n) is 2.59. The number of H-pyrrole nitrogens is 1. The molecule has 1 aromatic carbocycles. The average molecular weight is 286 g/mol. The number of nitrogens with one attached hydrogen (secondary N) is 1. The number of piperazine rings is 1. The summed E-state index contributed by atoms with van der Waals surface area (Å²) in [5.74, 6) is 0.234. The largest absolute Gasteiger partial charge is 0.506 e. The van der Waals surface area contributed by atoms with Gasteiger partial charge in [-0.2, -0.15) is 0 Å². The molecule has 1 saturated heterocycles. The molecular formula is C15H18N4O2. The Morgan fingerprint density at radius 3 is 2.52 bits per heavy atom. The molecule has 2 aromatic rings. The minimum absolute atomic E-state index is 0.0383. The maximum atomic E-state index is 12.3. The van der Waals surface area contributed by atoms with E-state index in [0.29, 0.717) is 37.6 Å². The van der Waals surface area contributed by atoms with Crippen LogP contribution in [-0.4, -0.2) is 47.1 Å². The Balaban J connectivity index is 1.65. The summed E-state index contributed by atoms with van der Waals surface area (Å²) in [5.41, 5.74) is 7.51. The van der Waals surface area contributed by atoms with Crippen molar-refractivity contribution in [3.8, 4) is 5.75 Å². The zero-order valence-electron chi connectivity index (χ0n) is 11.6. The lowest BCUT2D eigenvalue weighted by Crippen LogP contribution is -2.48. The molecule has 0 unspecified atom stereocenters. The van der Waals surface area contributed by atoms with Crippen molar-refractivity contribution in [1.29, 1.82) is 0 Å². The molecule has 0 radical (unpaired) electrons. The van der Waals surface area contributed by atoms with Gasteiger partial charge in [-0.25, -0.2) is 0 Å². The highest BCUT2D eigenvalue weighted by atomic mass is 16.3. The second-order valence-electron chi connectivity index (χ2n) is 5.11. The summed E-state index contributed by atoms with van der Waals surface area (Å²) in [5, 5.41) is 9.88. The third-order valence-corrected chi connectivity index (χ3v) is 3.73. The molecule has 0 saturated carbocycles. The van der Waals surface area contributed by atoms with Crippen LogP contribution in [0.25, 0.3) is 0 Å². The van der Waals surface area contributed by atoms with Gasteiger partial charge in [0.25, 0.3) is 5.91 Å². The first-order valence-corrected chi connectivity index (χ1v) is 6.91. The van der Waals surface area contributed by atoms with E-state index in [-0.39, 0.29) is 11.7 Å². The number of aromatic nitrogens is 1. The van der Waals surface area contributed by atoms with E-state index in [2.05, 4.69) is 9.88 Å². The van der Waals surface area contributed by atoms with E-state index in [1.807, 2.05) is 12.1 Å².